The second kappa shape index (κ2) is 5.86. The topological polar surface area (TPSA) is 17.1 Å². The second-order valence-electron chi connectivity index (χ2n) is 3.73. The molecule has 2 atom stereocenters. The highest BCUT2D eigenvalue weighted by molar-refractivity contribution is 8.07. The van der Waals surface area contributed by atoms with Gasteiger partial charge in [0.15, 0.2) is 5.78 Å². The summed E-state index contributed by atoms with van der Waals surface area (Å²) in [6.07, 6.45) is 2.90. The highest BCUT2D eigenvalue weighted by Gasteiger charge is 2.29. The fraction of sp³-hybridized carbons (Fsp3) is 0.727. The minimum atomic E-state index is 0.202. The Morgan fingerprint density at radius 1 is 1.36 bits per heavy atom. The van der Waals surface area contributed by atoms with Crippen molar-refractivity contribution in [3.63, 3.8) is 0 Å². The van der Waals surface area contributed by atoms with E-state index in [-0.39, 0.29) is 5.25 Å². The molecule has 1 heterocycles. The van der Waals surface area contributed by atoms with Crippen molar-refractivity contribution in [1.82, 2.24) is 0 Å². The van der Waals surface area contributed by atoms with Gasteiger partial charge in [0.05, 0.1) is 5.25 Å². The molecular weight excluding hydrogens is 212 g/mol. The van der Waals surface area contributed by atoms with Crippen LogP contribution in [0.1, 0.15) is 27.2 Å². The molecule has 0 aliphatic carbocycles. The van der Waals surface area contributed by atoms with Crippen LogP contribution in [0.15, 0.2) is 11.6 Å². The number of allylic oxidation sites excluding steroid dienone is 2. The van der Waals surface area contributed by atoms with E-state index in [1.165, 1.54) is 5.75 Å². The van der Waals surface area contributed by atoms with Gasteiger partial charge in [0.2, 0.25) is 0 Å². The lowest BCUT2D eigenvalue weighted by Gasteiger charge is -2.27. The molecule has 0 radical (unpaired) electrons. The number of carbonyl (C=O) groups is 1. The first-order valence-electron chi connectivity index (χ1n) is 5.07. The molecule has 0 spiro atoms. The number of carbonyl (C=O) groups excluding carboxylic acids is 1. The lowest BCUT2D eigenvalue weighted by Crippen LogP contribution is -2.31. The molecule has 80 valence electrons. The van der Waals surface area contributed by atoms with Crippen molar-refractivity contribution in [2.45, 2.75) is 37.7 Å². The van der Waals surface area contributed by atoms with E-state index in [0.717, 1.165) is 17.7 Å². The lowest BCUT2D eigenvalue weighted by molar-refractivity contribution is -0.114. The zero-order valence-corrected chi connectivity index (χ0v) is 10.7. The number of thioether (sulfide) groups is 2. The van der Waals surface area contributed by atoms with Crippen molar-refractivity contribution in [3.8, 4) is 0 Å². The molecule has 0 aromatic heterocycles. The van der Waals surface area contributed by atoms with Crippen LogP contribution in [0.25, 0.3) is 0 Å². The Labute approximate surface area is 95.1 Å². The fourth-order valence-electron chi connectivity index (χ4n) is 1.53. The van der Waals surface area contributed by atoms with Gasteiger partial charge in [-0.3, -0.25) is 4.79 Å². The Morgan fingerprint density at radius 3 is 2.57 bits per heavy atom. The maximum absolute atomic E-state index is 11.9. The van der Waals surface area contributed by atoms with Crippen LogP contribution in [-0.4, -0.2) is 27.8 Å². The summed E-state index contributed by atoms with van der Waals surface area (Å²) in [4.78, 5) is 11.9. The highest BCUT2D eigenvalue weighted by Crippen LogP contribution is 2.34. The minimum absolute atomic E-state index is 0.202. The largest absolute Gasteiger partial charge is 0.294 e. The first kappa shape index (κ1) is 12.2. The van der Waals surface area contributed by atoms with E-state index in [1.54, 1.807) is 6.08 Å². The Hall–Kier alpha value is 0.110. The van der Waals surface area contributed by atoms with Gasteiger partial charge < -0.3 is 0 Å². The molecule has 0 aromatic rings. The average molecular weight is 230 g/mol. The molecule has 14 heavy (non-hydrogen) atoms. The number of rotatable bonds is 3. The lowest BCUT2D eigenvalue weighted by atomic mass is 10.1. The predicted molar refractivity (Wildman–Crippen MR) is 67.2 cm³/mol. The molecular formula is C11H18OS2. The molecule has 0 saturated carbocycles. The monoisotopic (exact) mass is 230 g/mol. The Balaban J connectivity index is 2.63. The molecule has 1 fully saturated rings. The van der Waals surface area contributed by atoms with E-state index in [9.17, 15) is 4.79 Å². The third-order valence-corrected chi connectivity index (χ3v) is 5.43. The van der Waals surface area contributed by atoms with Crippen LogP contribution in [0.3, 0.4) is 0 Å². The van der Waals surface area contributed by atoms with Crippen molar-refractivity contribution in [2.24, 2.45) is 0 Å². The van der Waals surface area contributed by atoms with Gasteiger partial charge in [-0.25, -0.2) is 0 Å². The molecule has 3 heteroatoms. The maximum atomic E-state index is 11.9. The van der Waals surface area contributed by atoms with Crippen LogP contribution in [0, 0.1) is 0 Å². The van der Waals surface area contributed by atoms with Crippen molar-refractivity contribution < 1.29 is 4.79 Å². The van der Waals surface area contributed by atoms with E-state index >= 15 is 0 Å². The zero-order valence-electron chi connectivity index (χ0n) is 9.08. The van der Waals surface area contributed by atoms with Gasteiger partial charge in [0.1, 0.15) is 0 Å². The van der Waals surface area contributed by atoms with Crippen LogP contribution in [0.5, 0.6) is 0 Å². The van der Waals surface area contributed by atoms with Crippen LogP contribution in [0.2, 0.25) is 0 Å². The summed E-state index contributed by atoms with van der Waals surface area (Å²) in [5.41, 5.74) is 1.11. The summed E-state index contributed by atoms with van der Waals surface area (Å²) >= 11 is 3.79. The van der Waals surface area contributed by atoms with Crippen molar-refractivity contribution in [2.75, 3.05) is 11.5 Å². The van der Waals surface area contributed by atoms with Crippen molar-refractivity contribution in [1.29, 1.82) is 0 Å². The van der Waals surface area contributed by atoms with Gasteiger partial charge in [-0.15, -0.1) is 11.8 Å². The SMILES string of the molecule is CCC1SCCSC1C(=O)C=C(C)C. The van der Waals surface area contributed by atoms with E-state index < -0.39 is 0 Å². The summed E-state index contributed by atoms with van der Waals surface area (Å²) in [6.45, 7) is 6.14. The number of hydrogen-bond donors (Lipinski definition) is 0. The molecule has 0 bridgehead atoms. The summed E-state index contributed by atoms with van der Waals surface area (Å²) in [6, 6.07) is 0. The first-order valence-corrected chi connectivity index (χ1v) is 7.17. The van der Waals surface area contributed by atoms with E-state index in [2.05, 4.69) is 6.92 Å². The fourth-order valence-corrected chi connectivity index (χ4v) is 4.52. The molecule has 0 N–H and O–H groups in total. The molecule has 0 amide bonds. The Morgan fingerprint density at radius 2 is 2.00 bits per heavy atom. The number of hydrogen-bond acceptors (Lipinski definition) is 3. The molecule has 1 aliphatic heterocycles. The number of ketones is 1. The van der Waals surface area contributed by atoms with Gasteiger partial charge in [-0.1, -0.05) is 12.5 Å². The summed E-state index contributed by atoms with van der Waals surface area (Å²) in [7, 11) is 0. The molecule has 1 saturated heterocycles. The van der Waals surface area contributed by atoms with Gasteiger partial charge in [-0.2, -0.15) is 11.8 Å². The zero-order chi connectivity index (χ0) is 10.6. The third-order valence-electron chi connectivity index (χ3n) is 2.16. The Kier molecular flexibility index (Phi) is 5.10. The minimum Gasteiger partial charge on any atom is -0.294 e. The average Bonchev–Trinajstić information content (AvgIpc) is 2.16. The summed E-state index contributed by atoms with van der Waals surface area (Å²) in [5, 5.41) is 0.727. The molecule has 1 nitrogen and oxygen atoms in total. The standard InChI is InChI=1S/C11H18OS2/c1-4-10-11(14-6-5-13-10)9(12)7-8(2)3/h7,10-11H,4-6H2,1-3H3. The second-order valence-corrected chi connectivity index (χ2v) is 6.33. The summed E-state index contributed by atoms with van der Waals surface area (Å²) < 4.78 is 0. The molecule has 1 aliphatic rings. The Bertz CT molecular complexity index is 231. The molecule has 1 rings (SSSR count). The van der Waals surface area contributed by atoms with Gasteiger partial charge in [-0.05, 0) is 26.3 Å². The van der Waals surface area contributed by atoms with E-state index in [0.29, 0.717) is 11.0 Å². The van der Waals surface area contributed by atoms with Crippen molar-refractivity contribution in [3.05, 3.63) is 11.6 Å². The van der Waals surface area contributed by atoms with E-state index in [1.807, 2.05) is 37.4 Å². The van der Waals surface area contributed by atoms with E-state index in [4.69, 9.17) is 0 Å². The van der Waals surface area contributed by atoms with Crippen molar-refractivity contribution >= 4 is 29.3 Å². The quantitative estimate of drug-likeness (QED) is 0.693. The van der Waals surface area contributed by atoms with Gasteiger partial charge >= 0.3 is 0 Å². The smallest absolute Gasteiger partial charge is 0.169 e. The van der Waals surface area contributed by atoms with Crippen LogP contribution < -0.4 is 0 Å². The third kappa shape index (κ3) is 3.35. The predicted octanol–water partition coefficient (Wildman–Crippen LogP) is 3.15. The van der Waals surface area contributed by atoms with Crippen LogP contribution >= 0.6 is 23.5 Å². The summed E-state index contributed by atoms with van der Waals surface area (Å²) in [5.74, 6) is 2.63. The highest BCUT2D eigenvalue weighted by atomic mass is 32.2. The van der Waals surface area contributed by atoms with Gasteiger partial charge in [0.25, 0.3) is 0 Å². The van der Waals surface area contributed by atoms with Gasteiger partial charge in [0, 0.05) is 16.8 Å². The molecule has 2 unspecified atom stereocenters. The first-order chi connectivity index (χ1) is 6.65. The molecule has 0 aromatic carbocycles. The normalized spacial score (nSPS) is 27.1. The maximum Gasteiger partial charge on any atom is 0.169 e. The van der Waals surface area contributed by atoms with Crippen LogP contribution in [-0.2, 0) is 4.79 Å². The van der Waals surface area contributed by atoms with Crippen LogP contribution in [0.4, 0.5) is 0 Å².